The lowest BCUT2D eigenvalue weighted by atomic mass is 9.87. The SMILES string of the molecule is CCCNC1CCCCCC1Cc1cc(C)ccc1OC. The molecule has 118 valence electrons. The van der Waals surface area contributed by atoms with Crippen LogP contribution in [0.3, 0.4) is 0 Å². The molecule has 0 aliphatic heterocycles. The fourth-order valence-corrected chi connectivity index (χ4v) is 3.58. The van der Waals surface area contributed by atoms with Gasteiger partial charge in [-0.3, -0.25) is 0 Å². The third-order valence-corrected chi connectivity index (χ3v) is 4.73. The minimum absolute atomic E-state index is 0.678. The summed E-state index contributed by atoms with van der Waals surface area (Å²) >= 11 is 0. The van der Waals surface area contributed by atoms with E-state index in [-0.39, 0.29) is 0 Å². The van der Waals surface area contributed by atoms with Gasteiger partial charge in [0.15, 0.2) is 0 Å². The van der Waals surface area contributed by atoms with E-state index in [9.17, 15) is 0 Å². The first-order chi connectivity index (χ1) is 10.2. The molecule has 0 amide bonds. The Hall–Kier alpha value is -1.02. The Morgan fingerprint density at radius 1 is 1.19 bits per heavy atom. The third kappa shape index (κ3) is 4.74. The van der Waals surface area contributed by atoms with E-state index in [2.05, 4.69) is 37.4 Å². The number of rotatable bonds is 6. The summed E-state index contributed by atoms with van der Waals surface area (Å²) in [5.41, 5.74) is 2.71. The highest BCUT2D eigenvalue weighted by atomic mass is 16.5. The molecule has 2 rings (SSSR count). The van der Waals surface area contributed by atoms with Gasteiger partial charge in [-0.05, 0) is 56.7 Å². The zero-order valence-corrected chi connectivity index (χ0v) is 14.0. The Kier molecular flexibility index (Phi) is 6.56. The second-order valence-corrected chi connectivity index (χ2v) is 6.48. The number of aryl methyl sites for hydroxylation is 1. The Labute approximate surface area is 130 Å². The van der Waals surface area contributed by atoms with Crippen molar-refractivity contribution in [1.82, 2.24) is 5.32 Å². The van der Waals surface area contributed by atoms with Crippen LogP contribution in [0, 0.1) is 12.8 Å². The molecule has 1 aromatic rings. The molecule has 1 aliphatic carbocycles. The van der Waals surface area contributed by atoms with Crippen molar-refractivity contribution < 1.29 is 4.74 Å². The molecule has 2 heteroatoms. The second-order valence-electron chi connectivity index (χ2n) is 6.48. The van der Waals surface area contributed by atoms with Gasteiger partial charge in [0.05, 0.1) is 7.11 Å². The fourth-order valence-electron chi connectivity index (χ4n) is 3.58. The van der Waals surface area contributed by atoms with Gasteiger partial charge in [-0.25, -0.2) is 0 Å². The summed E-state index contributed by atoms with van der Waals surface area (Å²) in [4.78, 5) is 0. The molecule has 1 aliphatic rings. The predicted octanol–water partition coefficient (Wildman–Crippen LogP) is 4.49. The first kappa shape index (κ1) is 16.4. The lowest BCUT2D eigenvalue weighted by Crippen LogP contribution is -2.37. The van der Waals surface area contributed by atoms with Crippen molar-refractivity contribution in [3.05, 3.63) is 29.3 Å². The van der Waals surface area contributed by atoms with Gasteiger partial charge < -0.3 is 10.1 Å². The van der Waals surface area contributed by atoms with E-state index in [1.54, 1.807) is 7.11 Å². The average molecular weight is 289 g/mol. The predicted molar refractivity (Wildman–Crippen MR) is 90.1 cm³/mol. The Balaban J connectivity index is 2.11. The molecule has 0 saturated heterocycles. The molecular formula is C19H31NO. The molecule has 1 N–H and O–H groups in total. The molecule has 1 fully saturated rings. The molecule has 2 atom stereocenters. The summed E-state index contributed by atoms with van der Waals surface area (Å²) in [7, 11) is 1.79. The van der Waals surface area contributed by atoms with Crippen LogP contribution in [-0.4, -0.2) is 19.7 Å². The van der Waals surface area contributed by atoms with Crippen molar-refractivity contribution in [2.45, 2.75) is 64.8 Å². The first-order valence-corrected chi connectivity index (χ1v) is 8.61. The van der Waals surface area contributed by atoms with Crippen LogP contribution in [-0.2, 0) is 6.42 Å². The molecule has 21 heavy (non-hydrogen) atoms. The molecule has 0 bridgehead atoms. The minimum atomic E-state index is 0.678. The molecule has 2 unspecified atom stereocenters. The molecule has 0 spiro atoms. The summed E-state index contributed by atoms with van der Waals surface area (Å²) in [5, 5.41) is 3.79. The van der Waals surface area contributed by atoms with Gasteiger partial charge in [0.2, 0.25) is 0 Å². The normalized spacial score (nSPS) is 22.8. The van der Waals surface area contributed by atoms with Gasteiger partial charge in [-0.1, -0.05) is 43.9 Å². The zero-order chi connectivity index (χ0) is 15.1. The van der Waals surface area contributed by atoms with E-state index in [4.69, 9.17) is 4.74 Å². The Morgan fingerprint density at radius 3 is 2.76 bits per heavy atom. The van der Waals surface area contributed by atoms with Crippen LogP contribution >= 0.6 is 0 Å². The van der Waals surface area contributed by atoms with Crippen LogP contribution in [0.4, 0.5) is 0 Å². The lowest BCUT2D eigenvalue weighted by Gasteiger charge is -2.27. The largest absolute Gasteiger partial charge is 0.496 e. The molecule has 1 aromatic carbocycles. The molecule has 0 radical (unpaired) electrons. The van der Waals surface area contributed by atoms with Gasteiger partial charge in [0, 0.05) is 6.04 Å². The van der Waals surface area contributed by atoms with Gasteiger partial charge in [-0.15, -0.1) is 0 Å². The van der Waals surface area contributed by atoms with Crippen LogP contribution in [0.15, 0.2) is 18.2 Å². The van der Waals surface area contributed by atoms with Crippen LogP contribution in [0.2, 0.25) is 0 Å². The highest BCUT2D eigenvalue weighted by Gasteiger charge is 2.24. The van der Waals surface area contributed by atoms with Gasteiger partial charge in [-0.2, -0.15) is 0 Å². The second kappa shape index (κ2) is 8.43. The Bertz CT molecular complexity index is 430. The van der Waals surface area contributed by atoms with Gasteiger partial charge >= 0.3 is 0 Å². The summed E-state index contributed by atoms with van der Waals surface area (Å²) in [6.45, 7) is 5.57. The molecule has 0 aromatic heterocycles. The maximum Gasteiger partial charge on any atom is 0.122 e. The molecule has 1 saturated carbocycles. The topological polar surface area (TPSA) is 21.3 Å². The number of benzene rings is 1. The average Bonchev–Trinajstić information content (AvgIpc) is 2.71. The van der Waals surface area contributed by atoms with Gasteiger partial charge in [0.25, 0.3) is 0 Å². The van der Waals surface area contributed by atoms with Crippen molar-refractivity contribution in [3.8, 4) is 5.75 Å². The highest BCUT2D eigenvalue weighted by Crippen LogP contribution is 2.30. The number of nitrogens with one attached hydrogen (secondary N) is 1. The third-order valence-electron chi connectivity index (χ3n) is 4.73. The van der Waals surface area contributed by atoms with E-state index >= 15 is 0 Å². The first-order valence-electron chi connectivity index (χ1n) is 8.61. The van der Waals surface area contributed by atoms with Crippen molar-refractivity contribution in [1.29, 1.82) is 0 Å². The molecule has 0 heterocycles. The molecule has 2 nitrogen and oxygen atoms in total. The number of hydrogen-bond donors (Lipinski definition) is 1. The van der Waals surface area contributed by atoms with E-state index in [1.807, 2.05) is 0 Å². The van der Waals surface area contributed by atoms with Crippen molar-refractivity contribution in [2.75, 3.05) is 13.7 Å². The molecular weight excluding hydrogens is 258 g/mol. The summed E-state index contributed by atoms with van der Waals surface area (Å²) in [6, 6.07) is 7.25. The van der Waals surface area contributed by atoms with E-state index in [0.717, 1.165) is 24.6 Å². The zero-order valence-electron chi connectivity index (χ0n) is 14.0. The number of methoxy groups -OCH3 is 1. The summed E-state index contributed by atoms with van der Waals surface area (Å²) < 4.78 is 5.57. The summed E-state index contributed by atoms with van der Waals surface area (Å²) in [5.74, 6) is 1.80. The maximum atomic E-state index is 5.57. The van der Waals surface area contributed by atoms with Crippen molar-refractivity contribution >= 4 is 0 Å². The number of hydrogen-bond acceptors (Lipinski definition) is 2. The van der Waals surface area contributed by atoms with Gasteiger partial charge in [0.1, 0.15) is 5.75 Å². The van der Waals surface area contributed by atoms with Crippen molar-refractivity contribution in [2.24, 2.45) is 5.92 Å². The number of ether oxygens (including phenoxy) is 1. The van der Waals surface area contributed by atoms with Crippen LogP contribution < -0.4 is 10.1 Å². The van der Waals surface area contributed by atoms with E-state index < -0.39 is 0 Å². The lowest BCUT2D eigenvalue weighted by molar-refractivity contribution is 0.327. The van der Waals surface area contributed by atoms with Crippen LogP contribution in [0.5, 0.6) is 5.75 Å². The standard InChI is InChI=1S/C19H31NO/c1-4-12-20-18-9-7-5-6-8-16(18)14-17-13-15(2)10-11-19(17)21-3/h10-11,13,16,18,20H,4-9,12,14H2,1-3H3. The smallest absolute Gasteiger partial charge is 0.122 e. The van der Waals surface area contributed by atoms with E-state index in [0.29, 0.717) is 6.04 Å². The fraction of sp³-hybridized carbons (Fsp3) is 0.684. The summed E-state index contributed by atoms with van der Waals surface area (Å²) in [6.07, 6.45) is 9.19. The van der Waals surface area contributed by atoms with E-state index in [1.165, 1.54) is 49.7 Å². The quantitative estimate of drug-likeness (QED) is 0.779. The van der Waals surface area contributed by atoms with Crippen LogP contribution in [0.1, 0.15) is 56.6 Å². The monoisotopic (exact) mass is 289 g/mol. The maximum absolute atomic E-state index is 5.57. The Morgan fingerprint density at radius 2 is 2.00 bits per heavy atom. The van der Waals surface area contributed by atoms with Crippen LogP contribution in [0.25, 0.3) is 0 Å². The minimum Gasteiger partial charge on any atom is -0.496 e. The highest BCUT2D eigenvalue weighted by molar-refractivity contribution is 5.37. The van der Waals surface area contributed by atoms with Crippen molar-refractivity contribution in [3.63, 3.8) is 0 Å².